The summed E-state index contributed by atoms with van der Waals surface area (Å²) >= 11 is 1.18. The molecule has 0 saturated heterocycles. The van der Waals surface area contributed by atoms with Gasteiger partial charge in [0, 0.05) is 25.0 Å². The van der Waals surface area contributed by atoms with E-state index in [1.54, 1.807) is 23.6 Å². The van der Waals surface area contributed by atoms with Gasteiger partial charge in [-0.05, 0) is 42.8 Å². The average Bonchev–Trinajstić information content (AvgIpc) is 3.24. The first-order valence-corrected chi connectivity index (χ1v) is 11.6. The molecule has 0 unspecified atom stereocenters. The van der Waals surface area contributed by atoms with Crippen LogP contribution >= 0.6 is 11.3 Å². The molecule has 0 atom stereocenters. The Balaban J connectivity index is 1.54. The normalized spacial score (nSPS) is 16.0. The number of nitrogens with one attached hydrogen (secondary N) is 3. The van der Waals surface area contributed by atoms with Crippen molar-refractivity contribution in [3.63, 3.8) is 0 Å². The van der Waals surface area contributed by atoms with E-state index in [1.165, 1.54) is 17.4 Å². The van der Waals surface area contributed by atoms with Gasteiger partial charge in [-0.2, -0.15) is 0 Å². The standard InChI is InChI=1S/C19H25FN4O2S2/c1-2-21-18(22-11-12-24-28(25,26)17-8-5-13-27-17)23-14-19(9-10-19)15-6-3-4-7-16(15)20/h3-8,13,24H,2,9-12,14H2,1H3,(H2,21,22,23). The first kappa shape index (κ1) is 20.8. The fourth-order valence-electron chi connectivity index (χ4n) is 2.98. The van der Waals surface area contributed by atoms with E-state index in [-0.39, 0.29) is 17.8 Å². The van der Waals surface area contributed by atoms with Crippen LogP contribution < -0.4 is 15.4 Å². The lowest BCUT2D eigenvalue weighted by Gasteiger charge is -2.16. The molecule has 1 aliphatic rings. The minimum Gasteiger partial charge on any atom is -0.357 e. The number of benzene rings is 1. The van der Waals surface area contributed by atoms with Crippen molar-refractivity contribution in [2.75, 3.05) is 26.2 Å². The molecule has 0 aliphatic heterocycles. The average molecular weight is 425 g/mol. The number of hydrogen-bond donors (Lipinski definition) is 3. The van der Waals surface area contributed by atoms with Crippen LogP contribution in [-0.4, -0.2) is 40.6 Å². The summed E-state index contributed by atoms with van der Waals surface area (Å²) in [7, 11) is -3.47. The number of rotatable bonds is 9. The number of halogens is 1. The number of sulfonamides is 1. The molecule has 0 radical (unpaired) electrons. The van der Waals surface area contributed by atoms with E-state index in [0.717, 1.165) is 18.4 Å². The van der Waals surface area contributed by atoms with Gasteiger partial charge in [0.15, 0.2) is 5.96 Å². The molecule has 1 aromatic heterocycles. The lowest BCUT2D eigenvalue weighted by molar-refractivity contribution is 0.572. The SMILES string of the molecule is CCNC(=NCC1(c2ccccc2F)CC1)NCCNS(=O)(=O)c1cccs1. The minimum atomic E-state index is -3.47. The van der Waals surface area contributed by atoms with E-state index in [9.17, 15) is 12.8 Å². The van der Waals surface area contributed by atoms with Crippen molar-refractivity contribution in [1.82, 2.24) is 15.4 Å². The molecule has 2 aromatic rings. The number of nitrogens with zero attached hydrogens (tertiary/aromatic N) is 1. The zero-order valence-electron chi connectivity index (χ0n) is 15.7. The van der Waals surface area contributed by atoms with Crippen LogP contribution in [0.2, 0.25) is 0 Å². The lowest BCUT2D eigenvalue weighted by Crippen LogP contribution is -2.41. The summed E-state index contributed by atoms with van der Waals surface area (Å²) in [4.78, 5) is 4.60. The van der Waals surface area contributed by atoms with Crippen LogP contribution in [0.1, 0.15) is 25.3 Å². The summed E-state index contributed by atoms with van der Waals surface area (Å²) < 4.78 is 41.2. The maximum Gasteiger partial charge on any atom is 0.250 e. The minimum absolute atomic E-state index is 0.184. The first-order chi connectivity index (χ1) is 13.5. The number of guanidine groups is 1. The Bertz CT molecular complexity index is 910. The highest BCUT2D eigenvalue weighted by molar-refractivity contribution is 7.91. The third-order valence-corrected chi connectivity index (χ3v) is 7.51. The van der Waals surface area contributed by atoms with Crippen molar-refractivity contribution in [3.05, 3.63) is 53.2 Å². The Kier molecular flexibility index (Phi) is 6.69. The van der Waals surface area contributed by atoms with Crippen molar-refractivity contribution < 1.29 is 12.8 Å². The third kappa shape index (κ3) is 5.09. The molecule has 3 N–H and O–H groups in total. The van der Waals surface area contributed by atoms with Crippen LogP contribution in [0.3, 0.4) is 0 Å². The largest absolute Gasteiger partial charge is 0.357 e. The fraction of sp³-hybridized carbons (Fsp3) is 0.421. The van der Waals surface area contributed by atoms with Crippen molar-refractivity contribution in [3.8, 4) is 0 Å². The topological polar surface area (TPSA) is 82.6 Å². The zero-order chi connectivity index (χ0) is 20.0. The summed E-state index contributed by atoms with van der Waals surface area (Å²) in [6.45, 7) is 3.76. The number of aliphatic imine (C=N–C) groups is 1. The Morgan fingerprint density at radius 2 is 1.96 bits per heavy atom. The van der Waals surface area contributed by atoms with Crippen molar-refractivity contribution in [2.45, 2.75) is 29.4 Å². The van der Waals surface area contributed by atoms with Crippen LogP contribution in [-0.2, 0) is 15.4 Å². The molecule has 6 nitrogen and oxygen atoms in total. The van der Waals surface area contributed by atoms with Gasteiger partial charge in [-0.3, -0.25) is 4.99 Å². The molecule has 152 valence electrons. The van der Waals surface area contributed by atoms with Crippen LogP contribution in [0, 0.1) is 5.82 Å². The second-order valence-electron chi connectivity index (χ2n) is 6.71. The van der Waals surface area contributed by atoms with Gasteiger partial charge in [0.2, 0.25) is 10.0 Å². The molecule has 1 heterocycles. The molecular weight excluding hydrogens is 399 g/mol. The van der Waals surface area contributed by atoms with Crippen LogP contribution in [0.5, 0.6) is 0 Å². The molecular formula is C19H25FN4O2S2. The second kappa shape index (κ2) is 9.02. The molecule has 1 aromatic carbocycles. The van der Waals surface area contributed by atoms with Crippen molar-refractivity contribution >= 4 is 27.3 Å². The van der Waals surface area contributed by atoms with E-state index < -0.39 is 10.0 Å². The van der Waals surface area contributed by atoms with Crippen LogP contribution in [0.25, 0.3) is 0 Å². The Labute approximate surface area is 169 Å². The summed E-state index contributed by atoms with van der Waals surface area (Å²) in [5.41, 5.74) is 0.493. The molecule has 0 spiro atoms. The predicted octanol–water partition coefficient (Wildman–Crippen LogP) is 2.45. The van der Waals surface area contributed by atoms with Gasteiger partial charge >= 0.3 is 0 Å². The summed E-state index contributed by atoms with van der Waals surface area (Å²) in [5.74, 6) is 0.413. The Hall–Kier alpha value is -1.97. The van der Waals surface area contributed by atoms with Gasteiger partial charge in [-0.15, -0.1) is 11.3 Å². The molecule has 0 amide bonds. The van der Waals surface area contributed by atoms with Gasteiger partial charge < -0.3 is 10.6 Å². The van der Waals surface area contributed by atoms with E-state index in [0.29, 0.717) is 29.8 Å². The second-order valence-corrected chi connectivity index (χ2v) is 9.65. The quantitative estimate of drug-likeness (QED) is 0.328. The number of thiophene rings is 1. The molecule has 1 aliphatic carbocycles. The van der Waals surface area contributed by atoms with Gasteiger partial charge in [0.25, 0.3) is 0 Å². The monoisotopic (exact) mass is 424 g/mol. The molecule has 1 fully saturated rings. The third-order valence-electron chi connectivity index (χ3n) is 4.65. The highest BCUT2D eigenvalue weighted by Gasteiger charge is 2.45. The first-order valence-electron chi connectivity index (χ1n) is 9.27. The summed E-state index contributed by atoms with van der Waals surface area (Å²) in [5, 5.41) is 8.00. The van der Waals surface area contributed by atoms with E-state index >= 15 is 0 Å². The van der Waals surface area contributed by atoms with Crippen LogP contribution in [0.15, 0.2) is 51.0 Å². The summed E-state index contributed by atoms with van der Waals surface area (Å²) in [6.07, 6.45) is 1.83. The van der Waals surface area contributed by atoms with Crippen molar-refractivity contribution in [2.24, 2.45) is 4.99 Å². The molecule has 0 bridgehead atoms. The molecule has 9 heteroatoms. The molecule has 3 rings (SSSR count). The number of hydrogen-bond acceptors (Lipinski definition) is 4. The van der Waals surface area contributed by atoms with E-state index in [2.05, 4.69) is 20.3 Å². The maximum absolute atomic E-state index is 14.1. The van der Waals surface area contributed by atoms with Gasteiger partial charge in [0.1, 0.15) is 10.0 Å². The highest BCUT2D eigenvalue weighted by Crippen LogP contribution is 2.49. The lowest BCUT2D eigenvalue weighted by atomic mass is 9.95. The molecule has 28 heavy (non-hydrogen) atoms. The molecule has 1 saturated carbocycles. The maximum atomic E-state index is 14.1. The van der Waals surface area contributed by atoms with Crippen molar-refractivity contribution in [1.29, 1.82) is 0 Å². The van der Waals surface area contributed by atoms with Gasteiger partial charge in [-0.25, -0.2) is 17.5 Å². The summed E-state index contributed by atoms with van der Waals surface area (Å²) in [6, 6.07) is 10.1. The highest BCUT2D eigenvalue weighted by atomic mass is 32.2. The fourth-order valence-corrected chi connectivity index (χ4v) is 5.05. The van der Waals surface area contributed by atoms with Gasteiger partial charge in [0.05, 0.1) is 6.54 Å². The zero-order valence-corrected chi connectivity index (χ0v) is 17.4. The predicted molar refractivity (Wildman–Crippen MR) is 111 cm³/mol. The Morgan fingerprint density at radius 1 is 1.18 bits per heavy atom. The van der Waals surface area contributed by atoms with E-state index in [1.807, 2.05) is 19.1 Å². The Morgan fingerprint density at radius 3 is 2.61 bits per heavy atom. The smallest absolute Gasteiger partial charge is 0.250 e. The van der Waals surface area contributed by atoms with E-state index in [4.69, 9.17) is 0 Å². The van der Waals surface area contributed by atoms with Gasteiger partial charge in [-0.1, -0.05) is 24.3 Å². The van der Waals surface area contributed by atoms with Crippen LogP contribution in [0.4, 0.5) is 4.39 Å².